The Morgan fingerprint density at radius 3 is 2.61 bits per heavy atom. The summed E-state index contributed by atoms with van der Waals surface area (Å²) in [5.74, 6) is -0.142. The second kappa shape index (κ2) is 9.05. The summed E-state index contributed by atoms with van der Waals surface area (Å²) in [5.41, 5.74) is 7.19. The lowest BCUT2D eigenvalue weighted by Crippen LogP contribution is -2.37. The first kappa shape index (κ1) is 23.1. The summed E-state index contributed by atoms with van der Waals surface area (Å²) in [5, 5.41) is 29.6. The summed E-state index contributed by atoms with van der Waals surface area (Å²) in [6.07, 6.45) is 4.91. The van der Waals surface area contributed by atoms with E-state index >= 15 is 0 Å². The Morgan fingerprint density at radius 2 is 1.94 bits per heavy atom. The van der Waals surface area contributed by atoms with Gasteiger partial charge in [0.1, 0.15) is 12.4 Å². The van der Waals surface area contributed by atoms with Gasteiger partial charge < -0.3 is 20.5 Å². The van der Waals surface area contributed by atoms with E-state index in [1.165, 1.54) is 29.0 Å². The van der Waals surface area contributed by atoms with Crippen LogP contribution in [0.25, 0.3) is 11.2 Å². The predicted octanol–water partition coefficient (Wildman–Crippen LogP) is 1.90. The van der Waals surface area contributed by atoms with Gasteiger partial charge in [-0.05, 0) is 31.2 Å². The molecule has 0 aliphatic carbocycles. The Labute approximate surface area is 194 Å². The van der Waals surface area contributed by atoms with Crippen molar-refractivity contribution in [2.75, 3.05) is 25.1 Å². The van der Waals surface area contributed by atoms with E-state index < -0.39 is 10.0 Å². The number of imidazole rings is 1. The van der Waals surface area contributed by atoms with E-state index in [0.29, 0.717) is 46.8 Å². The molecule has 1 aliphatic heterocycles. The van der Waals surface area contributed by atoms with Crippen molar-refractivity contribution in [3.05, 3.63) is 24.0 Å². The minimum absolute atomic E-state index is 0.195. The van der Waals surface area contributed by atoms with Crippen LogP contribution in [-0.2, 0) is 16.6 Å². The Kier molecular flexibility index (Phi) is 6.33. The Morgan fingerprint density at radius 1 is 1.24 bits per heavy atom. The van der Waals surface area contributed by atoms with Crippen molar-refractivity contribution in [2.45, 2.75) is 35.9 Å². The number of rotatable bonds is 6. The van der Waals surface area contributed by atoms with Gasteiger partial charge in [0.15, 0.2) is 33.6 Å². The number of nitrogen functional groups attached to an aromatic ring is 1. The summed E-state index contributed by atoms with van der Waals surface area (Å²) in [4.78, 5) is 13.4. The topological polar surface area (TPSA) is 171 Å². The average molecular weight is 490 g/mol. The molecule has 3 aromatic rings. The first-order valence-electron chi connectivity index (χ1n) is 10.2. The van der Waals surface area contributed by atoms with Gasteiger partial charge in [-0.2, -0.15) is 5.26 Å². The van der Waals surface area contributed by atoms with E-state index in [0.717, 1.165) is 31.0 Å². The SMILES string of the molecule is CS(=O)(=O)N1CCC(CCn2c(Sc3cc(O)c(O)cc3C#N)nc3c(N)ncnc32)CC1. The van der Waals surface area contributed by atoms with Crippen LogP contribution >= 0.6 is 11.8 Å². The molecule has 3 heterocycles. The van der Waals surface area contributed by atoms with E-state index in [2.05, 4.69) is 15.0 Å². The fourth-order valence-corrected chi connectivity index (χ4v) is 5.76. The van der Waals surface area contributed by atoms with Crippen molar-refractivity contribution in [1.82, 2.24) is 23.8 Å². The third kappa shape index (κ3) is 4.82. The van der Waals surface area contributed by atoms with Crippen molar-refractivity contribution < 1.29 is 18.6 Å². The zero-order valence-corrected chi connectivity index (χ0v) is 19.5. The highest BCUT2D eigenvalue weighted by Crippen LogP contribution is 2.38. The maximum absolute atomic E-state index is 11.8. The van der Waals surface area contributed by atoms with Gasteiger partial charge in [0.2, 0.25) is 10.0 Å². The Bertz CT molecular complexity index is 1340. The maximum atomic E-state index is 11.8. The van der Waals surface area contributed by atoms with E-state index in [-0.39, 0.29) is 22.9 Å². The normalized spacial score (nSPS) is 15.6. The van der Waals surface area contributed by atoms with Crippen molar-refractivity contribution in [3.63, 3.8) is 0 Å². The first-order chi connectivity index (χ1) is 15.7. The van der Waals surface area contributed by atoms with Crippen molar-refractivity contribution in [2.24, 2.45) is 5.92 Å². The number of hydrogen-bond acceptors (Lipinski definition) is 10. The zero-order valence-electron chi connectivity index (χ0n) is 17.8. The number of fused-ring (bicyclic) bond motifs is 1. The summed E-state index contributed by atoms with van der Waals surface area (Å²) in [6.45, 7) is 1.57. The molecule has 2 aromatic heterocycles. The van der Waals surface area contributed by atoms with Crippen molar-refractivity contribution >= 4 is 38.8 Å². The monoisotopic (exact) mass is 489 g/mol. The van der Waals surface area contributed by atoms with Crippen LogP contribution in [0, 0.1) is 17.2 Å². The number of hydrogen-bond donors (Lipinski definition) is 3. The minimum atomic E-state index is -3.18. The molecule has 1 saturated heterocycles. The summed E-state index contributed by atoms with van der Waals surface area (Å²) in [6, 6.07) is 4.53. The lowest BCUT2D eigenvalue weighted by atomic mass is 9.95. The van der Waals surface area contributed by atoms with Gasteiger partial charge in [-0.1, -0.05) is 11.8 Å². The number of sulfonamides is 1. The van der Waals surface area contributed by atoms with Crippen LogP contribution in [0.1, 0.15) is 24.8 Å². The molecule has 0 amide bonds. The molecule has 4 rings (SSSR count). The average Bonchev–Trinajstić information content (AvgIpc) is 3.12. The standard InChI is InChI=1S/C20H23N7O4S2/c1-33(30,31)26-5-2-12(3-6-26)4-7-27-19-17(18(22)23-11-24-19)25-20(27)32-16-9-15(29)14(28)8-13(16)10-21/h8-9,11-12,28-29H,2-7H2,1H3,(H2,22,23,24). The Hall–Kier alpha value is -3.08. The van der Waals surface area contributed by atoms with Gasteiger partial charge in [0.05, 0.1) is 11.8 Å². The van der Waals surface area contributed by atoms with E-state index in [1.807, 2.05) is 10.6 Å². The van der Waals surface area contributed by atoms with Crippen molar-refractivity contribution in [3.8, 4) is 17.6 Å². The molecule has 0 spiro atoms. The van der Waals surface area contributed by atoms with Crippen LogP contribution in [0.5, 0.6) is 11.5 Å². The highest BCUT2D eigenvalue weighted by atomic mass is 32.2. The molecule has 11 nitrogen and oxygen atoms in total. The molecule has 1 aromatic carbocycles. The second-order valence-electron chi connectivity index (χ2n) is 7.92. The van der Waals surface area contributed by atoms with Gasteiger partial charge in [0, 0.05) is 30.6 Å². The van der Waals surface area contributed by atoms with Crippen LogP contribution in [0.3, 0.4) is 0 Å². The van der Waals surface area contributed by atoms with Gasteiger partial charge in [-0.3, -0.25) is 0 Å². The molecule has 13 heteroatoms. The summed E-state index contributed by atoms with van der Waals surface area (Å²) >= 11 is 1.16. The molecular weight excluding hydrogens is 466 g/mol. The number of aryl methyl sites for hydroxylation is 1. The number of benzene rings is 1. The number of phenolic OH excluding ortho intramolecular Hbond substituents is 2. The molecule has 0 bridgehead atoms. The molecule has 0 unspecified atom stereocenters. The van der Waals surface area contributed by atoms with Gasteiger partial charge in [0.25, 0.3) is 0 Å². The third-order valence-electron chi connectivity index (χ3n) is 5.73. The lowest BCUT2D eigenvalue weighted by Gasteiger charge is -2.30. The number of aromatic nitrogens is 4. The molecule has 0 radical (unpaired) electrons. The highest BCUT2D eigenvalue weighted by molar-refractivity contribution is 7.99. The van der Waals surface area contributed by atoms with E-state index in [4.69, 9.17) is 5.73 Å². The fourth-order valence-electron chi connectivity index (χ4n) is 3.88. The molecule has 0 atom stereocenters. The lowest BCUT2D eigenvalue weighted by molar-refractivity contribution is 0.256. The van der Waals surface area contributed by atoms with Crippen LogP contribution in [0.2, 0.25) is 0 Å². The van der Waals surface area contributed by atoms with Crippen LogP contribution in [-0.4, -0.2) is 61.8 Å². The number of piperidine rings is 1. The largest absolute Gasteiger partial charge is 0.504 e. The number of phenols is 2. The number of nitrogens with two attached hydrogens (primary N) is 1. The van der Waals surface area contributed by atoms with Crippen LogP contribution in [0.15, 0.2) is 28.5 Å². The molecule has 33 heavy (non-hydrogen) atoms. The maximum Gasteiger partial charge on any atom is 0.211 e. The Balaban J connectivity index is 1.61. The molecule has 1 fully saturated rings. The molecular formula is C20H23N7O4S2. The van der Waals surface area contributed by atoms with Crippen LogP contribution in [0.4, 0.5) is 5.82 Å². The highest BCUT2D eigenvalue weighted by Gasteiger charge is 2.26. The number of nitrogens with zero attached hydrogens (tertiary/aromatic N) is 6. The number of nitriles is 1. The smallest absolute Gasteiger partial charge is 0.211 e. The van der Waals surface area contributed by atoms with E-state index in [9.17, 15) is 23.9 Å². The van der Waals surface area contributed by atoms with E-state index in [1.54, 1.807) is 0 Å². The molecule has 1 aliphatic rings. The third-order valence-corrected chi connectivity index (χ3v) is 8.08. The van der Waals surface area contributed by atoms with Gasteiger partial charge in [-0.25, -0.2) is 27.7 Å². The summed E-state index contributed by atoms with van der Waals surface area (Å²) < 4.78 is 26.9. The predicted molar refractivity (Wildman–Crippen MR) is 122 cm³/mol. The zero-order chi connectivity index (χ0) is 23.8. The number of anilines is 1. The molecule has 174 valence electrons. The quantitative estimate of drug-likeness (QED) is 0.434. The molecule has 4 N–H and O–H groups in total. The van der Waals surface area contributed by atoms with Crippen molar-refractivity contribution in [1.29, 1.82) is 5.26 Å². The van der Waals surface area contributed by atoms with Gasteiger partial charge in [-0.15, -0.1) is 0 Å². The fraction of sp³-hybridized carbons (Fsp3) is 0.400. The van der Waals surface area contributed by atoms with Gasteiger partial charge >= 0.3 is 0 Å². The number of aromatic hydroxyl groups is 2. The minimum Gasteiger partial charge on any atom is -0.504 e. The second-order valence-corrected chi connectivity index (χ2v) is 10.9. The van der Waals surface area contributed by atoms with Crippen LogP contribution < -0.4 is 5.73 Å². The summed E-state index contributed by atoms with van der Waals surface area (Å²) in [7, 11) is -3.18. The molecule has 0 saturated carbocycles. The first-order valence-corrected chi connectivity index (χ1v) is 12.9.